The standard InChI is InChI=1S/C38H71N3O3/c1-5-9-13-16-17-18-21-25-29-35(28-24-20-15-11-7-3)44-37(42)32-36(41-31-30-39-33-41)38(43)40-34(26-22-12-8-4)27-23-19-14-10-6-2/h30-31,33-36H,5-29,32H2,1-4H3,(H,40,43). The molecule has 0 aliphatic carbocycles. The maximum atomic E-state index is 13.7. The van der Waals surface area contributed by atoms with Crippen LogP contribution in [-0.4, -0.2) is 33.6 Å². The largest absolute Gasteiger partial charge is 0.462 e. The van der Waals surface area contributed by atoms with Crippen LogP contribution in [0.1, 0.15) is 201 Å². The summed E-state index contributed by atoms with van der Waals surface area (Å²) >= 11 is 0. The highest BCUT2D eigenvalue weighted by atomic mass is 16.5. The minimum Gasteiger partial charge on any atom is -0.462 e. The molecule has 0 saturated carbocycles. The van der Waals surface area contributed by atoms with Crippen LogP contribution in [0.25, 0.3) is 0 Å². The van der Waals surface area contributed by atoms with E-state index < -0.39 is 6.04 Å². The van der Waals surface area contributed by atoms with Crippen molar-refractivity contribution >= 4 is 11.9 Å². The first-order valence-corrected chi connectivity index (χ1v) is 19.0. The first kappa shape index (κ1) is 40.2. The summed E-state index contributed by atoms with van der Waals surface area (Å²) in [4.78, 5) is 31.2. The second-order valence-electron chi connectivity index (χ2n) is 13.2. The number of hydrogen-bond donors (Lipinski definition) is 1. The molecule has 44 heavy (non-hydrogen) atoms. The number of amides is 1. The van der Waals surface area contributed by atoms with Crippen molar-refractivity contribution in [2.24, 2.45) is 0 Å². The third-order valence-corrected chi connectivity index (χ3v) is 9.01. The molecule has 3 atom stereocenters. The van der Waals surface area contributed by atoms with Crippen molar-refractivity contribution < 1.29 is 14.3 Å². The molecule has 6 nitrogen and oxygen atoms in total. The van der Waals surface area contributed by atoms with Gasteiger partial charge in [0.25, 0.3) is 0 Å². The second-order valence-corrected chi connectivity index (χ2v) is 13.2. The van der Waals surface area contributed by atoms with Crippen LogP contribution in [0.5, 0.6) is 0 Å². The number of aromatic nitrogens is 2. The number of carbonyl (C=O) groups is 2. The molecule has 0 saturated heterocycles. The Labute approximate surface area is 272 Å². The molecule has 0 bridgehead atoms. The number of imidazole rings is 1. The quantitative estimate of drug-likeness (QED) is 0.0664. The third kappa shape index (κ3) is 21.0. The van der Waals surface area contributed by atoms with E-state index in [1.54, 1.807) is 23.3 Å². The fourth-order valence-electron chi connectivity index (χ4n) is 6.14. The first-order chi connectivity index (χ1) is 21.5. The van der Waals surface area contributed by atoms with Crippen LogP contribution in [0, 0.1) is 0 Å². The first-order valence-electron chi connectivity index (χ1n) is 19.0. The molecule has 6 heteroatoms. The summed E-state index contributed by atoms with van der Waals surface area (Å²) in [5.41, 5.74) is 0. The summed E-state index contributed by atoms with van der Waals surface area (Å²) in [7, 11) is 0. The van der Waals surface area contributed by atoms with Crippen LogP contribution in [-0.2, 0) is 14.3 Å². The van der Waals surface area contributed by atoms with Crippen molar-refractivity contribution in [3.05, 3.63) is 18.7 Å². The molecule has 0 aliphatic heterocycles. The summed E-state index contributed by atoms with van der Waals surface area (Å²) in [5.74, 6) is -0.353. The zero-order valence-corrected chi connectivity index (χ0v) is 29.5. The Kier molecular flexibility index (Phi) is 26.1. The van der Waals surface area contributed by atoms with Gasteiger partial charge >= 0.3 is 5.97 Å². The van der Waals surface area contributed by atoms with Gasteiger partial charge < -0.3 is 14.6 Å². The number of hydrogen-bond acceptors (Lipinski definition) is 4. The molecule has 1 aromatic rings. The van der Waals surface area contributed by atoms with Crippen molar-refractivity contribution in [3.63, 3.8) is 0 Å². The molecule has 1 amide bonds. The van der Waals surface area contributed by atoms with Crippen molar-refractivity contribution in [3.8, 4) is 0 Å². The molecular formula is C38H71N3O3. The van der Waals surface area contributed by atoms with Crippen molar-refractivity contribution in [1.82, 2.24) is 14.9 Å². The van der Waals surface area contributed by atoms with Crippen LogP contribution < -0.4 is 5.32 Å². The molecule has 1 rings (SSSR count). The van der Waals surface area contributed by atoms with Crippen molar-refractivity contribution in [1.29, 1.82) is 0 Å². The number of rotatable bonds is 31. The molecule has 1 heterocycles. The summed E-state index contributed by atoms with van der Waals surface area (Å²) < 4.78 is 7.91. The lowest BCUT2D eigenvalue weighted by molar-refractivity contribution is -0.152. The van der Waals surface area contributed by atoms with Gasteiger partial charge in [0.1, 0.15) is 12.1 Å². The summed E-state index contributed by atoms with van der Waals surface area (Å²) in [6, 6.07) is -0.484. The highest BCUT2D eigenvalue weighted by molar-refractivity contribution is 5.85. The fourth-order valence-corrected chi connectivity index (χ4v) is 6.14. The Morgan fingerprint density at radius 2 is 1.07 bits per heavy atom. The summed E-state index contributed by atoms with van der Waals surface area (Å²) in [6.07, 6.45) is 34.7. The molecule has 0 fully saturated rings. The number of nitrogens with zero attached hydrogens (tertiary/aromatic N) is 2. The lowest BCUT2D eigenvalue weighted by Crippen LogP contribution is -2.40. The van der Waals surface area contributed by atoms with E-state index in [9.17, 15) is 9.59 Å². The predicted molar refractivity (Wildman–Crippen MR) is 186 cm³/mol. The van der Waals surface area contributed by atoms with E-state index in [0.29, 0.717) is 0 Å². The van der Waals surface area contributed by atoms with E-state index in [-0.39, 0.29) is 30.4 Å². The van der Waals surface area contributed by atoms with E-state index in [2.05, 4.69) is 38.0 Å². The van der Waals surface area contributed by atoms with Gasteiger partial charge in [-0.3, -0.25) is 9.59 Å². The average Bonchev–Trinajstić information content (AvgIpc) is 3.55. The zero-order valence-electron chi connectivity index (χ0n) is 29.5. The van der Waals surface area contributed by atoms with Crippen molar-refractivity contribution in [2.45, 2.75) is 213 Å². The lowest BCUT2D eigenvalue weighted by atomic mass is 10.0. The topological polar surface area (TPSA) is 73.2 Å². The Balaban J connectivity index is 2.76. The van der Waals surface area contributed by atoms with Gasteiger partial charge in [-0.05, 0) is 38.5 Å². The van der Waals surface area contributed by atoms with E-state index in [0.717, 1.165) is 51.4 Å². The van der Waals surface area contributed by atoms with Gasteiger partial charge in [0.15, 0.2) is 0 Å². The maximum Gasteiger partial charge on any atom is 0.308 e. The van der Waals surface area contributed by atoms with Gasteiger partial charge in [0, 0.05) is 18.4 Å². The van der Waals surface area contributed by atoms with Crippen LogP contribution in [0.3, 0.4) is 0 Å². The minimum atomic E-state index is -0.632. The molecule has 3 unspecified atom stereocenters. The van der Waals surface area contributed by atoms with Crippen molar-refractivity contribution in [2.75, 3.05) is 0 Å². The monoisotopic (exact) mass is 618 g/mol. The SMILES string of the molecule is CCCCCCCCCCC(CCCCCCC)OC(=O)CC(C(=O)NC(CCCCC)CCCCCCC)n1ccnc1. The molecule has 256 valence electrons. The normalized spacial score (nSPS) is 13.5. The van der Waals surface area contributed by atoms with Gasteiger partial charge in [0.05, 0.1) is 12.7 Å². The van der Waals surface area contributed by atoms with Crippen LogP contribution >= 0.6 is 0 Å². The molecule has 0 spiro atoms. The smallest absolute Gasteiger partial charge is 0.308 e. The Hall–Kier alpha value is -1.85. The number of unbranched alkanes of at least 4 members (excludes halogenated alkanes) is 17. The predicted octanol–water partition coefficient (Wildman–Crippen LogP) is 11.0. The molecule has 1 N–H and O–H groups in total. The number of ether oxygens (including phenoxy) is 1. The Morgan fingerprint density at radius 1 is 0.636 bits per heavy atom. The Morgan fingerprint density at radius 3 is 1.55 bits per heavy atom. The van der Waals surface area contributed by atoms with Gasteiger partial charge in [-0.1, -0.05) is 150 Å². The molecule has 0 aromatic carbocycles. The molecule has 1 aromatic heterocycles. The lowest BCUT2D eigenvalue weighted by Gasteiger charge is -2.24. The minimum absolute atomic E-state index is 0.0458. The van der Waals surface area contributed by atoms with Gasteiger partial charge in [-0.15, -0.1) is 0 Å². The number of esters is 1. The van der Waals surface area contributed by atoms with Gasteiger partial charge in [-0.25, -0.2) is 4.98 Å². The Bertz CT molecular complexity index is 782. The van der Waals surface area contributed by atoms with E-state index in [4.69, 9.17) is 4.74 Å². The second kappa shape index (κ2) is 28.6. The summed E-state index contributed by atoms with van der Waals surface area (Å²) in [5, 5.41) is 3.34. The maximum absolute atomic E-state index is 13.7. The summed E-state index contributed by atoms with van der Waals surface area (Å²) in [6.45, 7) is 8.95. The third-order valence-electron chi connectivity index (χ3n) is 9.01. The molecule has 0 aliphatic rings. The van der Waals surface area contributed by atoms with Crippen LogP contribution in [0.15, 0.2) is 18.7 Å². The van der Waals surface area contributed by atoms with Gasteiger partial charge in [-0.2, -0.15) is 0 Å². The fraction of sp³-hybridized carbons (Fsp3) is 0.868. The van der Waals surface area contributed by atoms with E-state index in [1.807, 2.05) is 0 Å². The average molecular weight is 618 g/mol. The number of nitrogens with one attached hydrogen (secondary N) is 1. The van der Waals surface area contributed by atoms with Crippen LogP contribution in [0.4, 0.5) is 0 Å². The molecule has 0 radical (unpaired) electrons. The van der Waals surface area contributed by atoms with Crippen LogP contribution in [0.2, 0.25) is 0 Å². The van der Waals surface area contributed by atoms with Gasteiger partial charge in [0.2, 0.25) is 5.91 Å². The van der Waals surface area contributed by atoms with E-state index >= 15 is 0 Å². The zero-order chi connectivity index (χ0) is 32.1. The highest BCUT2D eigenvalue weighted by Crippen LogP contribution is 2.21. The molecular weight excluding hydrogens is 546 g/mol. The van der Waals surface area contributed by atoms with E-state index in [1.165, 1.54) is 109 Å². The number of carbonyl (C=O) groups excluding carboxylic acids is 2. The highest BCUT2D eigenvalue weighted by Gasteiger charge is 2.27.